The molecular weight excluding hydrogens is 243 g/mol. The molecule has 0 aromatic heterocycles. The molecule has 2 rings (SSSR count). The molecule has 1 aromatic rings. The maximum atomic E-state index is 12.9. The van der Waals surface area contributed by atoms with Crippen molar-refractivity contribution in [2.45, 2.75) is 45.1 Å². The third-order valence-corrected chi connectivity index (χ3v) is 4.02. The molecule has 3 nitrogen and oxygen atoms in total. The first kappa shape index (κ1) is 13.8. The second kappa shape index (κ2) is 6.04. The summed E-state index contributed by atoms with van der Waals surface area (Å²) in [4.78, 5) is 12.1. The highest BCUT2D eigenvalue weighted by Crippen LogP contribution is 2.26. The van der Waals surface area contributed by atoms with Crippen LogP contribution in [0.5, 0.6) is 0 Å². The number of benzene rings is 1. The molecule has 0 saturated heterocycles. The van der Waals surface area contributed by atoms with Crippen LogP contribution in [-0.2, 0) is 0 Å². The van der Waals surface area contributed by atoms with Gasteiger partial charge in [0.05, 0.1) is 5.56 Å². The molecule has 1 aliphatic carbocycles. The topological polar surface area (TPSA) is 55.1 Å². The van der Waals surface area contributed by atoms with E-state index >= 15 is 0 Å². The zero-order chi connectivity index (χ0) is 13.8. The van der Waals surface area contributed by atoms with Crippen LogP contribution in [0.3, 0.4) is 0 Å². The van der Waals surface area contributed by atoms with Gasteiger partial charge in [0.1, 0.15) is 5.82 Å². The quantitative estimate of drug-likeness (QED) is 0.824. The number of hydrogen-bond donors (Lipinski definition) is 2. The first-order valence-corrected chi connectivity index (χ1v) is 6.96. The van der Waals surface area contributed by atoms with Crippen LogP contribution < -0.4 is 11.1 Å². The Hall–Kier alpha value is -1.58. The van der Waals surface area contributed by atoms with Crippen molar-refractivity contribution in [1.29, 1.82) is 0 Å². The number of nitrogens with one attached hydrogen (secondary N) is 1. The highest BCUT2D eigenvalue weighted by atomic mass is 19.1. The summed E-state index contributed by atoms with van der Waals surface area (Å²) >= 11 is 0. The molecule has 1 saturated carbocycles. The molecule has 0 spiro atoms. The van der Waals surface area contributed by atoms with E-state index < -0.39 is 5.82 Å². The first-order valence-electron chi connectivity index (χ1n) is 6.96. The molecule has 4 heteroatoms. The van der Waals surface area contributed by atoms with E-state index in [1.54, 1.807) is 0 Å². The Kier molecular flexibility index (Phi) is 4.40. The number of rotatable bonds is 3. The van der Waals surface area contributed by atoms with Crippen LogP contribution in [0.25, 0.3) is 0 Å². The van der Waals surface area contributed by atoms with Gasteiger partial charge in [-0.3, -0.25) is 4.79 Å². The van der Waals surface area contributed by atoms with Crippen LogP contribution >= 0.6 is 0 Å². The number of carbonyl (C=O) groups excluding carboxylic acids is 1. The lowest BCUT2D eigenvalue weighted by atomic mass is 9.84. The zero-order valence-corrected chi connectivity index (χ0v) is 11.3. The van der Waals surface area contributed by atoms with Gasteiger partial charge < -0.3 is 11.1 Å². The fraction of sp³-hybridized carbons (Fsp3) is 0.533. The molecule has 1 aromatic carbocycles. The average molecular weight is 264 g/mol. The number of hydrogen-bond acceptors (Lipinski definition) is 2. The number of anilines is 1. The van der Waals surface area contributed by atoms with Gasteiger partial charge in [0.15, 0.2) is 0 Å². The Labute approximate surface area is 113 Å². The van der Waals surface area contributed by atoms with Crippen molar-refractivity contribution in [3.05, 3.63) is 29.6 Å². The summed E-state index contributed by atoms with van der Waals surface area (Å²) in [5.74, 6) is 0.180. The van der Waals surface area contributed by atoms with E-state index in [-0.39, 0.29) is 17.6 Å². The SMILES string of the molecule is CCC1CCC(NC(=O)c2ccc(F)cc2N)CC1. The molecule has 1 aliphatic rings. The van der Waals surface area contributed by atoms with E-state index in [0.29, 0.717) is 5.56 Å². The van der Waals surface area contributed by atoms with Crippen LogP contribution in [0.4, 0.5) is 10.1 Å². The summed E-state index contributed by atoms with van der Waals surface area (Å²) in [6.45, 7) is 2.21. The van der Waals surface area contributed by atoms with Gasteiger partial charge in [0, 0.05) is 11.7 Å². The van der Waals surface area contributed by atoms with Gasteiger partial charge in [0.25, 0.3) is 5.91 Å². The molecule has 1 amide bonds. The third-order valence-electron chi connectivity index (χ3n) is 4.02. The van der Waals surface area contributed by atoms with Crippen molar-refractivity contribution >= 4 is 11.6 Å². The fourth-order valence-corrected chi connectivity index (χ4v) is 2.72. The summed E-state index contributed by atoms with van der Waals surface area (Å²) in [5.41, 5.74) is 6.22. The van der Waals surface area contributed by atoms with Crippen molar-refractivity contribution in [3.63, 3.8) is 0 Å². The minimum absolute atomic E-state index is 0.194. The largest absolute Gasteiger partial charge is 0.398 e. The fourth-order valence-electron chi connectivity index (χ4n) is 2.72. The minimum atomic E-state index is -0.419. The summed E-state index contributed by atoms with van der Waals surface area (Å²) in [5, 5.41) is 3.00. The van der Waals surface area contributed by atoms with E-state index in [9.17, 15) is 9.18 Å². The Morgan fingerprint density at radius 3 is 2.63 bits per heavy atom. The van der Waals surface area contributed by atoms with Crippen LogP contribution in [0.1, 0.15) is 49.4 Å². The number of nitrogen functional groups attached to an aromatic ring is 1. The van der Waals surface area contributed by atoms with Gasteiger partial charge in [-0.2, -0.15) is 0 Å². The smallest absolute Gasteiger partial charge is 0.253 e. The Bertz CT molecular complexity index is 453. The standard InChI is InChI=1S/C15H21FN2O/c1-2-10-3-6-12(7-4-10)18-15(19)13-8-5-11(16)9-14(13)17/h5,8-10,12H,2-4,6-7,17H2,1H3,(H,18,19). The van der Waals surface area contributed by atoms with Crippen LogP contribution in [0, 0.1) is 11.7 Å². The number of nitrogens with two attached hydrogens (primary N) is 1. The molecule has 3 N–H and O–H groups in total. The zero-order valence-electron chi connectivity index (χ0n) is 11.3. The molecule has 0 bridgehead atoms. The van der Waals surface area contributed by atoms with Crippen molar-refractivity contribution in [3.8, 4) is 0 Å². The number of carbonyl (C=O) groups is 1. The van der Waals surface area contributed by atoms with Gasteiger partial charge in [-0.05, 0) is 49.8 Å². The molecule has 19 heavy (non-hydrogen) atoms. The van der Waals surface area contributed by atoms with E-state index in [1.165, 1.54) is 37.5 Å². The predicted octanol–water partition coefficient (Wildman–Crippen LogP) is 3.11. The maximum Gasteiger partial charge on any atom is 0.253 e. The van der Waals surface area contributed by atoms with Crippen LogP contribution in [0.2, 0.25) is 0 Å². The molecule has 0 aliphatic heterocycles. The molecule has 0 atom stereocenters. The second-order valence-corrected chi connectivity index (χ2v) is 5.33. The van der Waals surface area contributed by atoms with Crippen LogP contribution in [0.15, 0.2) is 18.2 Å². The minimum Gasteiger partial charge on any atom is -0.398 e. The van der Waals surface area contributed by atoms with Crippen molar-refractivity contribution in [2.24, 2.45) is 5.92 Å². The van der Waals surface area contributed by atoms with Crippen molar-refractivity contribution in [1.82, 2.24) is 5.32 Å². The van der Waals surface area contributed by atoms with Gasteiger partial charge in [-0.25, -0.2) is 4.39 Å². The monoisotopic (exact) mass is 264 g/mol. The molecule has 0 radical (unpaired) electrons. The maximum absolute atomic E-state index is 12.9. The normalized spacial score (nSPS) is 23.1. The third kappa shape index (κ3) is 3.46. The Balaban J connectivity index is 1.94. The molecule has 0 unspecified atom stereocenters. The van der Waals surface area contributed by atoms with E-state index in [1.807, 2.05) is 0 Å². The molecule has 0 heterocycles. The molecular formula is C15H21FN2O. The Morgan fingerprint density at radius 2 is 2.05 bits per heavy atom. The first-order chi connectivity index (χ1) is 9.10. The lowest BCUT2D eigenvalue weighted by molar-refractivity contribution is 0.0922. The summed E-state index contributed by atoms with van der Waals surface area (Å²) < 4.78 is 12.9. The second-order valence-electron chi connectivity index (χ2n) is 5.33. The van der Waals surface area contributed by atoms with Gasteiger partial charge in [-0.15, -0.1) is 0 Å². The summed E-state index contributed by atoms with van der Waals surface area (Å²) in [6, 6.07) is 4.11. The Morgan fingerprint density at radius 1 is 1.37 bits per heavy atom. The van der Waals surface area contributed by atoms with Gasteiger partial charge >= 0.3 is 0 Å². The lowest BCUT2D eigenvalue weighted by Gasteiger charge is -2.28. The van der Waals surface area contributed by atoms with E-state index in [4.69, 9.17) is 5.73 Å². The van der Waals surface area contributed by atoms with Crippen molar-refractivity contribution < 1.29 is 9.18 Å². The summed E-state index contributed by atoms with van der Waals surface area (Å²) in [7, 11) is 0. The number of amides is 1. The van der Waals surface area contributed by atoms with E-state index in [0.717, 1.165) is 18.8 Å². The molecule has 1 fully saturated rings. The predicted molar refractivity (Wildman–Crippen MR) is 74.3 cm³/mol. The van der Waals surface area contributed by atoms with Crippen molar-refractivity contribution in [2.75, 3.05) is 5.73 Å². The van der Waals surface area contributed by atoms with Gasteiger partial charge in [0.2, 0.25) is 0 Å². The van der Waals surface area contributed by atoms with Crippen LogP contribution in [-0.4, -0.2) is 11.9 Å². The van der Waals surface area contributed by atoms with E-state index in [2.05, 4.69) is 12.2 Å². The highest BCUT2D eigenvalue weighted by molar-refractivity contribution is 5.99. The average Bonchev–Trinajstić information content (AvgIpc) is 2.39. The summed E-state index contributed by atoms with van der Waals surface area (Å²) in [6.07, 6.45) is 5.59. The number of halogens is 1. The lowest BCUT2D eigenvalue weighted by Crippen LogP contribution is -2.37. The van der Waals surface area contributed by atoms with Gasteiger partial charge in [-0.1, -0.05) is 13.3 Å². The highest BCUT2D eigenvalue weighted by Gasteiger charge is 2.22. The molecule has 104 valence electrons.